The summed E-state index contributed by atoms with van der Waals surface area (Å²) in [6.07, 6.45) is 1.71. The smallest absolute Gasteiger partial charge is 0.318 e. The molecule has 100 valence electrons. The predicted octanol–water partition coefficient (Wildman–Crippen LogP) is 1.97. The Morgan fingerprint density at radius 3 is 2.95 bits per heavy atom. The second kappa shape index (κ2) is 5.51. The second-order valence-electron chi connectivity index (χ2n) is 4.01. The predicted molar refractivity (Wildman–Crippen MR) is 68.4 cm³/mol. The van der Waals surface area contributed by atoms with E-state index in [-0.39, 0.29) is 0 Å². The van der Waals surface area contributed by atoms with Gasteiger partial charge in [-0.15, -0.1) is 0 Å². The first kappa shape index (κ1) is 13.1. The molecule has 1 unspecified atom stereocenters. The van der Waals surface area contributed by atoms with Gasteiger partial charge in [-0.1, -0.05) is 6.92 Å². The largest absolute Gasteiger partial charge is 0.468 e. The Hall–Kier alpha value is -2.37. The summed E-state index contributed by atoms with van der Waals surface area (Å²) in [7, 11) is 1.26. The molecule has 1 amide bonds. The van der Waals surface area contributed by atoms with Crippen LogP contribution >= 0.6 is 0 Å². The van der Waals surface area contributed by atoms with Crippen molar-refractivity contribution in [2.75, 3.05) is 12.4 Å². The van der Waals surface area contributed by atoms with E-state index in [1.807, 2.05) is 0 Å². The molecule has 0 aliphatic heterocycles. The number of hydrogen-bond donors (Lipinski definition) is 1. The highest BCUT2D eigenvalue weighted by Crippen LogP contribution is 2.19. The van der Waals surface area contributed by atoms with E-state index in [0.717, 1.165) is 0 Å². The van der Waals surface area contributed by atoms with Crippen molar-refractivity contribution in [2.45, 2.75) is 13.3 Å². The monoisotopic (exact) mass is 262 g/mol. The number of hydrogen-bond acceptors (Lipinski definition) is 5. The standard InChI is InChI=1S/C13H14N2O4/c1-3-9(13(17)18-2)12(16)15-8-4-5-10-11(6-8)19-7-14-10/h4-7,9H,3H2,1-2H3,(H,15,16). The van der Waals surface area contributed by atoms with Gasteiger partial charge < -0.3 is 14.5 Å². The van der Waals surface area contributed by atoms with Crippen LogP contribution in [0.5, 0.6) is 0 Å². The Balaban J connectivity index is 2.15. The van der Waals surface area contributed by atoms with E-state index in [1.54, 1.807) is 25.1 Å². The Kier molecular flexibility index (Phi) is 3.79. The van der Waals surface area contributed by atoms with Gasteiger partial charge >= 0.3 is 5.97 Å². The SMILES string of the molecule is CCC(C(=O)Nc1ccc2ncoc2c1)C(=O)OC. The minimum absolute atomic E-state index is 0.378. The maximum Gasteiger partial charge on any atom is 0.318 e. The number of carbonyl (C=O) groups excluding carboxylic acids is 2. The fourth-order valence-electron chi connectivity index (χ4n) is 1.76. The lowest BCUT2D eigenvalue weighted by molar-refractivity contribution is -0.148. The van der Waals surface area contributed by atoms with Crippen molar-refractivity contribution in [1.29, 1.82) is 0 Å². The molecule has 1 N–H and O–H groups in total. The molecule has 2 aromatic rings. The van der Waals surface area contributed by atoms with Gasteiger partial charge in [0, 0.05) is 11.8 Å². The van der Waals surface area contributed by atoms with Crippen molar-refractivity contribution in [3.8, 4) is 0 Å². The minimum Gasteiger partial charge on any atom is -0.468 e. The summed E-state index contributed by atoms with van der Waals surface area (Å²) in [5.74, 6) is -1.75. The number of ether oxygens (including phenoxy) is 1. The number of fused-ring (bicyclic) bond motifs is 1. The number of nitrogens with zero attached hydrogens (tertiary/aromatic N) is 1. The fourth-order valence-corrected chi connectivity index (χ4v) is 1.76. The summed E-state index contributed by atoms with van der Waals surface area (Å²) in [4.78, 5) is 27.4. The third-order valence-electron chi connectivity index (χ3n) is 2.81. The lowest BCUT2D eigenvalue weighted by Crippen LogP contribution is -2.30. The highest BCUT2D eigenvalue weighted by Gasteiger charge is 2.25. The maximum absolute atomic E-state index is 12.0. The van der Waals surface area contributed by atoms with E-state index < -0.39 is 17.8 Å². The Bertz CT molecular complexity index is 605. The van der Waals surface area contributed by atoms with E-state index in [9.17, 15) is 9.59 Å². The first-order chi connectivity index (χ1) is 9.15. The molecule has 6 heteroatoms. The summed E-state index contributed by atoms with van der Waals surface area (Å²) < 4.78 is 9.73. The van der Waals surface area contributed by atoms with Gasteiger partial charge in [0.15, 0.2) is 12.0 Å². The summed E-state index contributed by atoms with van der Waals surface area (Å²) in [5.41, 5.74) is 1.83. The van der Waals surface area contributed by atoms with Crippen molar-refractivity contribution in [3.05, 3.63) is 24.6 Å². The molecule has 1 aromatic heterocycles. The molecule has 1 heterocycles. The highest BCUT2D eigenvalue weighted by molar-refractivity contribution is 6.05. The maximum atomic E-state index is 12.0. The first-order valence-corrected chi connectivity index (χ1v) is 5.87. The highest BCUT2D eigenvalue weighted by atomic mass is 16.5. The van der Waals surface area contributed by atoms with Crippen molar-refractivity contribution >= 4 is 28.7 Å². The Labute approximate surface area is 109 Å². The second-order valence-corrected chi connectivity index (χ2v) is 4.01. The van der Waals surface area contributed by atoms with E-state index in [4.69, 9.17) is 4.42 Å². The van der Waals surface area contributed by atoms with Gasteiger partial charge in [-0.3, -0.25) is 9.59 Å². The molecule has 0 spiro atoms. The average molecular weight is 262 g/mol. The molecule has 19 heavy (non-hydrogen) atoms. The van der Waals surface area contributed by atoms with Crippen LogP contribution in [0.1, 0.15) is 13.3 Å². The van der Waals surface area contributed by atoms with Gasteiger partial charge in [0.2, 0.25) is 5.91 Å². The van der Waals surface area contributed by atoms with Crippen LogP contribution in [-0.2, 0) is 14.3 Å². The molecular weight excluding hydrogens is 248 g/mol. The lowest BCUT2D eigenvalue weighted by atomic mass is 10.1. The van der Waals surface area contributed by atoms with Gasteiger partial charge in [0.05, 0.1) is 7.11 Å². The van der Waals surface area contributed by atoms with E-state index in [1.165, 1.54) is 13.5 Å². The summed E-state index contributed by atoms with van der Waals surface area (Å²) >= 11 is 0. The number of nitrogens with one attached hydrogen (secondary N) is 1. The van der Waals surface area contributed by atoms with Gasteiger partial charge in [-0.05, 0) is 18.6 Å². The minimum atomic E-state index is -0.810. The number of methoxy groups -OCH3 is 1. The molecule has 0 aliphatic rings. The molecule has 0 saturated carbocycles. The Morgan fingerprint density at radius 1 is 1.47 bits per heavy atom. The molecule has 0 fully saturated rings. The normalized spacial score (nSPS) is 12.1. The lowest BCUT2D eigenvalue weighted by Gasteiger charge is -2.12. The van der Waals surface area contributed by atoms with Gasteiger partial charge in [0.25, 0.3) is 0 Å². The molecule has 0 radical (unpaired) electrons. The van der Waals surface area contributed by atoms with Crippen molar-refractivity contribution in [3.63, 3.8) is 0 Å². The van der Waals surface area contributed by atoms with Gasteiger partial charge in [-0.25, -0.2) is 4.98 Å². The summed E-state index contributed by atoms with van der Waals surface area (Å²) in [5, 5.41) is 2.66. The topological polar surface area (TPSA) is 81.4 Å². The number of rotatable bonds is 4. The van der Waals surface area contributed by atoms with Gasteiger partial charge in [0.1, 0.15) is 11.4 Å². The third-order valence-corrected chi connectivity index (χ3v) is 2.81. The zero-order chi connectivity index (χ0) is 13.8. The summed E-state index contributed by atoms with van der Waals surface area (Å²) in [6.45, 7) is 1.75. The molecule has 1 atom stereocenters. The zero-order valence-corrected chi connectivity index (χ0v) is 10.7. The van der Waals surface area contributed by atoms with Crippen molar-refractivity contribution < 1.29 is 18.7 Å². The van der Waals surface area contributed by atoms with Crippen LogP contribution in [0.4, 0.5) is 5.69 Å². The molecule has 0 saturated heterocycles. The number of anilines is 1. The third kappa shape index (κ3) is 2.73. The van der Waals surface area contributed by atoms with E-state index in [0.29, 0.717) is 23.2 Å². The van der Waals surface area contributed by atoms with Crippen LogP contribution in [0.25, 0.3) is 11.1 Å². The average Bonchev–Trinajstić information content (AvgIpc) is 2.86. The zero-order valence-electron chi connectivity index (χ0n) is 10.7. The Morgan fingerprint density at radius 2 is 2.26 bits per heavy atom. The van der Waals surface area contributed by atoms with Crippen LogP contribution in [0.3, 0.4) is 0 Å². The summed E-state index contributed by atoms with van der Waals surface area (Å²) in [6, 6.07) is 5.09. The van der Waals surface area contributed by atoms with Crippen LogP contribution < -0.4 is 5.32 Å². The van der Waals surface area contributed by atoms with Crippen LogP contribution in [0, 0.1) is 5.92 Å². The number of benzene rings is 1. The number of amides is 1. The van der Waals surface area contributed by atoms with Crippen LogP contribution in [0.2, 0.25) is 0 Å². The van der Waals surface area contributed by atoms with Gasteiger partial charge in [-0.2, -0.15) is 0 Å². The molecule has 0 aliphatic carbocycles. The number of carbonyl (C=O) groups is 2. The van der Waals surface area contributed by atoms with Crippen molar-refractivity contribution in [1.82, 2.24) is 4.98 Å². The van der Waals surface area contributed by atoms with Crippen LogP contribution in [-0.4, -0.2) is 24.0 Å². The quantitative estimate of drug-likeness (QED) is 0.673. The molecular formula is C13H14N2O4. The van der Waals surface area contributed by atoms with E-state index >= 15 is 0 Å². The molecule has 0 bridgehead atoms. The number of esters is 1. The fraction of sp³-hybridized carbons (Fsp3) is 0.308. The molecule has 2 rings (SSSR count). The molecule has 1 aromatic carbocycles. The number of oxazole rings is 1. The first-order valence-electron chi connectivity index (χ1n) is 5.87. The van der Waals surface area contributed by atoms with Crippen LogP contribution in [0.15, 0.2) is 29.0 Å². The molecule has 6 nitrogen and oxygen atoms in total. The van der Waals surface area contributed by atoms with Crippen molar-refractivity contribution in [2.24, 2.45) is 5.92 Å². The number of aromatic nitrogens is 1. The van der Waals surface area contributed by atoms with E-state index in [2.05, 4.69) is 15.0 Å².